The fourth-order valence-electron chi connectivity index (χ4n) is 1.08. The molecule has 2 rings (SSSR count). The van der Waals surface area contributed by atoms with Gasteiger partial charge < -0.3 is 0 Å². The molecule has 0 amide bonds. The van der Waals surface area contributed by atoms with Gasteiger partial charge in [-0.15, -0.1) is 0 Å². The van der Waals surface area contributed by atoms with E-state index in [9.17, 15) is 0 Å². The average molecular weight is 219 g/mol. The van der Waals surface area contributed by atoms with Gasteiger partial charge in [-0.05, 0) is 37.1 Å². The third-order valence-electron chi connectivity index (χ3n) is 2.16. The summed E-state index contributed by atoms with van der Waals surface area (Å²) in [6.07, 6.45) is 0. The van der Waals surface area contributed by atoms with Crippen LogP contribution in [0.15, 0.2) is 54.6 Å². The largest absolute Gasteiger partial charge is 0.0843 e. The van der Waals surface area contributed by atoms with Gasteiger partial charge in [-0.25, -0.2) is 0 Å². The summed E-state index contributed by atoms with van der Waals surface area (Å²) < 4.78 is 0. The molecule has 2 aromatic rings. The Balaban J connectivity index is 0.000000151. The third kappa shape index (κ3) is 4.66. The minimum absolute atomic E-state index is 0.794. The second-order valence-corrected chi connectivity index (χ2v) is 3.82. The second-order valence-electron chi connectivity index (χ2n) is 3.38. The number of benzene rings is 2. The summed E-state index contributed by atoms with van der Waals surface area (Å²) in [5.74, 6) is 0. The molecular weight excluding hydrogens is 204 g/mol. The van der Waals surface area contributed by atoms with Gasteiger partial charge in [0.25, 0.3) is 0 Å². The maximum absolute atomic E-state index is 5.54. The zero-order valence-electron chi connectivity index (χ0n) is 9.07. The summed E-state index contributed by atoms with van der Waals surface area (Å²) >= 11 is 5.54. The third-order valence-corrected chi connectivity index (χ3v) is 2.41. The number of aryl methyl sites for hydroxylation is 2. The Bertz CT molecular complexity index is 372. The SMILES string of the molecule is Cc1ccccc1C.Clc1ccccc1. The monoisotopic (exact) mass is 218 g/mol. The normalized spacial score (nSPS) is 9.00. The molecule has 0 spiro atoms. The number of rotatable bonds is 0. The van der Waals surface area contributed by atoms with Gasteiger partial charge in [-0.3, -0.25) is 0 Å². The molecule has 2 aromatic carbocycles. The summed E-state index contributed by atoms with van der Waals surface area (Å²) in [5.41, 5.74) is 2.74. The van der Waals surface area contributed by atoms with E-state index in [2.05, 4.69) is 38.1 Å². The minimum atomic E-state index is 0.794. The van der Waals surface area contributed by atoms with E-state index in [0.717, 1.165) is 5.02 Å². The van der Waals surface area contributed by atoms with E-state index in [0.29, 0.717) is 0 Å². The summed E-state index contributed by atoms with van der Waals surface area (Å²) in [5, 5.41) is 0.794. The molecule has 15 heavy (non-hydrogen) atoms. The smallest absolute Gasteiger partial charge is 0.0405 e. The van der Waals surface area contributed by atoms with Crippen molar-refractivity contribution >= 4 is 11.6 Å². The Morgan fingerprint density at radius 3 is 1.33 bits per heavy atom. The molecule has 1 heteroatoms. The Hall–Kier alpha value is -1.27. The van der Waals surface area contributed by atoms with Crippen LogP contribution in [0.2, 0.25) is 5.02 Å². The van der Waals surface area contributed by atoms with Crippen molar-refractivity contribution in [2.75, 3.05) is 0 Å². The highest BCUT2D eigenvalue weighted by Gasteiger charge is 1.83. The van der Waals surface area contributed by atoms with Crippen LogP contribution in [0.4, 0.5) is 0 Å². The predicted molar refractivity (Wildman–Crippen MR) is 67.4 cm³/mol. The average Bonchev–Trinajstić information content (AvgIpc) is 2.25. The first-order chi connectivity index (χ1) is 7.20. The highest BCUT2D eigenvalue weighted by atomic mass is 35.5. The zero-order valence-corrected chi connectivity index (χ0v) is 9.83. The molecule has 0 saturated carbocycles. The van der Waals surface area contributed by atoms with E-state index in [1.54, 1.807) is 0 Å². The van der Waals surface area contributed by atoms with Crippen LogP contribution in [-0.2, 0) is 0 Å². The molecule has 0 fully saturated rings. The molecule has 0 aliphatic heterocycles. The summed E-state index contributed by atoms with van der Waals surface area (Å²) in [4.78, 5) is 0. The summed E-state index contributed by atoms with van der Waals surface area (Å²) in [6, 6.07) is 17.8. The van der Waals surface area contributed by atoms with Crippen LogP contribution in [0, 0.1) is 13.8 Å². The topological polar surface area (TPSA) is 0 Å². The molecular formula is C14H15Cl. The standard InChI is InChI=1S/C8H10.C6H5Cl/c1-7-5-3-4-6-8(7)2;7-6-4-2-1-3-5-6/h3-6H,1-2H3;1-5H. The van der Waals surface area contributed by atoms with Gasteiger partial charge in [0.15, 0.2) is 0 Å². The molecule has 0 unspecified atom stereocenters. The molecule has 0 saturated heterocycles. The summed E-state index contributed by atoms with van der Waals surface area (Å²) in [7, 11) is 0. The van der Waals surface area contributed by atoms with Crippen LogP contribution in [0.5, 0.6) is 0 Å². The van der Waals surface area contributed by atoms with Crippen LogP contribution < -0.4 is 0 Å². The van der Waals surface area contributed by atoms with Crippen LogP contribution >= 0.6 is 11.6 Å². The van der Waals surface area contributed by atoms with Gasteiger partial charge in [0.1, 0.15) is 0 Å². The molecule has 0 heterocycles. The summed E-state index contributed by atoms with van der Waals surface area (Å²) in [6.45, 7) is 4.24. The fourth-order valence-corrected chi connectivity index (χ4v) is 1.22. The number of hydrogen-bond donors (Lipinski definition) is 0. The van der Waals surface area contributed by atoms with Crippen molar-refractivity contribution in [1.82, 2.24) is 0 Å². The van der Waals surface area contributed by atoms with Crippen molar-refractivity contribution in [3.05, 3.63) is 70.7 Å². The molecule has 0 N–H and O–H groups in total. The lowest BCUT2D eigenvalue weighted by molar-refractivity contribution is 1.34. The maximum Gasteiger partial charge on any atom is 0.0405 e. The Morgan fingerprint density at radius 1 is 0.667 bits per heavy atom. The van der Waals surface area contributed by atoms with Gasteiger partial charge >= 0.3 is 0 Å². The maximum atomic E-state index is 5.54. The van der Waals surface area contributed by atoms with Crippen molar-refractivity contribution in [1.29, 1.82) is 0 Å². The Labute approximate surface area is 96.5 Å². The van der Waals surface area contributed by atoms with Crippen molar-refractivity contribution in [2.24, 2.45) is 0 Å². The highest BCUT2D eigenvalue weighted by molar-refractivity contribution is 6.30. The lowest BCUT2D eigenvalue weighted by atomic mass is 10.1. The molecule has 0 bridgehead atoms. The lowest BCUT2D eigenvalue weighted by Crippen LogP contribution is -1.74. The minimum Gasteiger partial charge on any atom is -0.0843 e. The lowest BCUT2D eigenvalue weighted by Gasteiger charge is -1.93. The van der Waals surface area contributed by atoms with Gasteiger partial charge in [0.2, 0.25) is 0 Å². The van der Waals surface area contributed by atoms with Gasteiger partial charge in [-0.2, -0.15) is 0 Å². The van der Waals surface area contributed by atoms with E-state index in [1.165, 1.54) is 11.1 Å². The van der Waals surface area contributed by atoms with Crippen molar-refractivity contribution < 1.29 is 0 Å². The molecule has 0 nitrogen and oxygen atoms in total. The van der Waals surface area contributed by atoms with Gasteiger partial charge in [0.05, 0.1) is 0 Å². The number of hydrogen-bond acceptors (Lipinski definition) is 0. The van der Waals surface area contributed by atoms with Crippen molar-refractivity contribution in [3.63, 3.8) is 0 Å². The van der Waals surface area contributed by atoms with E-state index >= 15 is 0 Å². The fraction of sp³-hybridized carbons (Fsp3) is 0.143. The molecule has 0 aliphatic rings. The van der Waals surface area contributed by atoms with Crippen molar-refractivity contribution in [3.8, 4) is 0 Å². The molecule has 0 aliphatic carbocycles. The molecule has 0 radical (unpaired) electrons. The highest BCUT2D eigenvalue weighted by Crippen LogP contribution is 2.03. The first kappa shape index (κ1) is 11.8. The van der Waals surface area contributed by atoms with Gasteiger partial charge in [-0.1, -0.05) is 54.1 Å². The quantitative estimate of drug-likeness (QED) is 0.604. The van der Waals surface area contributed by atoms with Crippen molar-refractivity contribution in [2.45, 2.75) is 13.8 Å². The number of halogens is 1. The molecule has 0 atom stereocenters. The van der Waals surface area contributed by atoms with Crippen LogP contribution in [0.25, 0.3) is 0 Å². The van der Waals surface area contributed by atoms with E-state index in [4.69, 9.17) is 11.6 Å². The predicted octanol–water partition coefficient (Wildman–Crippen LogP) is 4.64. The Morgan fingerprint density at radius 2 is 1.07 bits per heavy atom. The Kier molecular flexibility index (Phi) is 4.92. The van der Waals surface area contributed by atoms with E-state index in [1.807, 2.05) is 30.3 Å². The molecule has 0 aromatic heterocycles. The first-order valence-corrected chi connectivity index (χ1v) is 5.30. The van der Waals surface area contributed by atoms with Crippen LogP contribution in [-0.4, -0.2) is 0 Å². The second kappa shape index (κ2) is 6.26. The van der Waals surface area contributed by atoms with E-state index < -0.39 is 0 Å². The van der Waals surface area contributed by atoms with E-state index in [-0.39, 0.29) is 0 Å². The molecule has 78 valence electrons. The van der Waals surface area contributed by atoms with Gasteiger partial charge in [0, 0.05) is 5.02 Å². The zero-order chi connectivity index (χ0) is 11.1. The van der Waals surface area contributed by atoms with Crippen LogP contribution in [0.1, 0.15) is 11.1 Å². The first-order valence-electron chi connectivity index (χ1n) is 4.93. The van der Waals surface area contributed by atoms with Crippen LogP contribution in [0.3, 0.4) is 0 Å².